The van der Waals surface area contributed by atoms with E-state index in [0.29, 0.717) is 28.2 Å². The van der Waals surface area contributed by atoms with Crippen molar-refractivity contribution in [1.29, 1.82) is 0 Å². The highest BCUT2D eigenvalue weighted by Gasteiger charge is 2.16. The Morgan fingerprint density at radius 1 is 1.09 bits per heavy atom. The lowest BCUT2D eigenvalue weighted by atomic mass is 10.2. The highest BCUT2D eigenvalue weighted by Crippen LogP contribution is 2.32. The molecule has 0 fully saturated rings. The van der Waals surface area contributed by atoms with E-state index < -0.39 is 0 Å². The number of hydrogen-bond acceptors (Lipinski definition) is 4. The lowest BCUT2D eigenvalue weighted by Crippen LogP contribution is -2.12. The van der Waals surface area contributed by atoms with Crippen LogP contribution in [0.3, 0.4) is 0 Å². The molecule has 0 saturated heterocycles. The molecule has 0 bridgehead atoms. The molecule has 2 aromatic carbocycles. The molecule has 4 rings (SSSR count). The number of nitrogens with zero attached hydrogens (tertiary/aromatic N) is 1. The summed E-state index contributed by atoms with van der Waals surface area (Å²) >= 11 is 0. The van der Waals surface area contributed by atoms with Crippen LogP contribution in [0.4, 0.5) is 5.69 Å². The zero-order chi connectivity index (χ0) is 16.0. The highest BCUT2D eigenvalue weighted by molar-refractivity contribution is 6.00. The second-order valence-corrected chi connectivity index (χ2v) is 5.26. The van der Waals surface area contributed by atoms with Crippen LogP contribution in [0.25, 0.3) is 33.3 Å². The lowest BCUT2D eigenvalue weighted by molar-refractivity contribution is 0.415. The molecule has 0 unspecified atom stereocenters. The third-order valence-corrected chi connectivity index (χ3v) is 3.88. The monoisotopic (exact) mass is 306 g/mol. The van der Waals surface area contributed by atoms with Gasteiger partial charge in [-0.1, -0.05) is 12.1 Å². The van der Waals surface area contributed by atoms with Crippen LogP contribution in [0.15, 0.2) is 47.3 Å². The van der Waals surface area contributed by atoms with Crippen molar-refractivity contribution in [3.05, 3.63) is 52.8 Å². The molecular formula is C17H14N4O2. The normalized spacial score (nSPS) is 11.2. The molecule has 0 amide bonds. The number of benzene rings is 2. The van der Waals surface area contributed by atoms with Gasteiger partial charge in [0.2, 0.25) is 0 Å². The summed E-state index contributed by atoms with van der Waals surface area (Å²) < 4.78 is 5.22. The fourth-order valence-electron chi connectivity index (χ4n) is 2.70. The lowest BCUT2D eigenvalue weighted by Gasteiger charge is -2.02. The minimum Gasteiger partial charge on any atom is -0.497 e. The minimum atomic E-state index is -0.283. The summed E-state index contributed by atoms with van der Waals surface area (Å²) in [6, 6.07) is 12.9. The van der Waals surface area contributed by atoms with Gasteiger partial charge >= 0.3 is 0 Å². The summed E-state index contributed by atoms with van der Waals surface area (Å²) in [6.45, 7) is 0. The van der Waals surface area contributed by atoms with Gasteiger partial charge < -0.3 is 20.4 Å². The van der Waals surface area contributed by atoms with Crippen molar-refractivity contribution in [2.45, 2.75) is 0 Å². The number of methoxy groups -OCH3 is 1. The Morgan fingerprint density at radius 3 is 2.74 bits per heavy atom. The summed E-state index contributed by atoms with van der Waals surface area (Å²) in [7, 11) is 1.60. The second-order valence-electron chi connectivity index (χ2n) is 5.26. The van der Waals surface area contributed by atoms with Gasteiger partial charge in [-0.2, -0.15) is 0 Å². The molecule has 0 atom stereocenters. The summed E-state index contributed by atoms with van der Waals surface area (Å²) in [5, 5.41) is 0.800. The van der Waals surface area contributed by atoms with Crippen molar-refractivity contribution in [3.8, 4) is 17.1 Å². The van der Waals surface area contributed by atoms with Gasteiger partial charge in [0, 0.05) is 10.9 Å². The molecule has 2 aromatic heterocycles. The molecule has 6 nitrogen and oxygen atoms in total. The summed E-state index contributed by atoms with van der Waals surface area (Å²) in [6.07, 6.45) is 0. The molecule has 2 heterocycles. The first-order valence-corrected chi connectivity index (χ1v) is 7.12. The van der Waals surface area contributed by atoms with Gasteiger partial charge in [0.25, 0.3) is 5.56 Å². The molecule has 4 N–H and O–H groups in total. The minimum absolute atomic E-state index is 0.274. The van der Waals surface area contributed by atoms with Gasteiger partial charge in [-0.15, -0.1) is 0 Å². The molecule has 0 saturated carbocycles. The van der Waals surface area contributed by atoms with Gasteiger partial charge in [-0.05, 0) is 30.3 Å². The average molecular weight is 306 g/mol. The van der Waals surface area contributed by atoms with Crippen LogP contribution in [-0.4, -0.2) is 22.1 Å². The largest absolute Gasteiger partial charge is 0.497 e. The predicted molar refractivity (Wildman–Crippen MR) is 90.6 cm³/mol. The first-order valence-electron chi connectivity index (χ1n) is 7.12. The van der Waals surface area contributed by atoms with Crippen molar-refractivity contribution in [3.63, 3.8) is 0 Å². The Morgan fingerprint density at radius 2 is 1.91 bits per heavy atom. The van der Waals surface area contributed by atoms with Crippen LogP contribution in [0.2, 0.25) is 0 Å². The standard InChI is InChI=1S/C17H14N4O2/c1-23-9-6-7-11-10(8-9)14(18)15(19-11)16-17(22)21-13-5-3-2-4-12(13)20-16/h2-8,19H,18H2,1H3,(H,21,22). The van der Waals surface area contributed by atoms with Crippen LogP contribution < -0.4 is 16.0 Å². The molecule has 114 valence electrons. The van der Waals surface area contributed by atoms with Crippen LogP contribution in [0, 0.1) is 0 Å². The maximum absolute atomic E-state index is 12.4. The first-order chi connectivity index (χ1) is 11.2. The smallest absolute Gasteiger partial charge is 0.276 e. The molecule has 4 aromatic rings. The van der Waals surface area contributed by atoms with E-state index in [0.717, 1.165) is 10.9 Å². The quantitative estimate of drug-likeness (QED) is 0.530. The number of nitrogen functional groups attached to an aromatic ring is 1. The van der Waals surface area contributed by atoms with Gasteiger partial charge in [-0.3, -0.25) is 4.79 Å². The van der Waals surface area contributed by atoms with E-state index in [4.69, 9.17) is 10.5 Å². The molecule has 6 heteroatoms. The van der Waals surface area contributed by atoms with Crippen LogP contribution in [0.1, 0.15) is 0 Å². The number of nitrogens with two attached hydrogens (primary N) is 1. The predicted octanol–water partition coefficient (Wildman–Crippen LogP) is 2.66. The first kappa shape index (κ1) is 13.4. The van der Waals surface area contributed by atoms with E-state index >= 15 is 0 Å². The van der Waals surface area contributed by atoms with E-state index in [-0.39, 0.29) is 11.3 Å². The van der Waals surface area contributed by atoms with Crippen molar-refractivity contribution in [2.24, 2.45) is 0 Å². The number of nitrogens with one attached hydrogen (secondary N) is 2. The number of anilines is 1. The average Bonchev–Trinajstić information content (AvgIpc) is 2.90. The Kier molecular flexibility index (Phi) is 2.84. The summed E-state index contributed by atoms with van der Waals surface area (Å²) in [5.41, 5.74) is 9.44. The Labute approximate surface area is 130 Å². The highest BCUT2D eigenvalue weighted by atomic mass is 16.5. The Hall–Kier alpha value is -3.28. The van der Waals surface area contributed by atoms with Crippen LogP contribution in [0.5, 0.6) is 5.75 Å². The molecular weight excluding hydrogens is 292 g/mol. The topological polar surface area (TPSA) is 96.8 Å². The maximum atomic E-state index is 12.4. The molecule has 0 aliphatic carbocycles. The van der Waals surface area contributed by atoms with Gasteiger partial charge in [0.1, 0.15) is 5.75 Å². The van der Waals surface area contributed by atoms with Crippen LogP contribution in [-0.2, 0) is 0 Å². The second kappa shape index (κ2) is 4.88. The molecule has 0 radical (unpaired) electrons. The number of fused-ring (bicyclic) bond motifs is 2. The van der Waals surface area contributed by atoms with Gasteiger partial charge in [0.15, 0.2) is 5.69 Å². The van der Waals surface area contributed by atoms with Gasteiger partial charge in [0.05, 0.1) is 29.5 Å². The number of aromatic nitrogens is 3. The number of hydrogen-bond donors (Lipinski definition) is 3. The van der Waals surface area contributed by atoms with E-state index in [1.54, 1.807) is 7.11 Å². The fraction of sp³-hybridized carbons (Fsp3) is 0.0588. The molecule has 0 aliphatic heterocycles. The van der Waals surface area contributed by atoms with Crippen molar-refractivity contribution in [2.75, 3.05) is 12.8 Å². The number of aromatic amines is 2. The third-order valence-electron chi connectivity index (χ3n) is 3.88. The zero-order valence-corrected chi connectivity index (χ0v) is 12.4. The van der Waals surface area contributed by atoms with Gasteiger partial charge in [-0.25, -0.2) is 4.98 Å². The molecule has 0 spiro atoms. The number of ether oxygens (including phenoxy) is 1. The van der Waals surface area contributed by atoms with E-state index in [1.165, 1.54) is 0 Å². The maximum Gasteiger partial charge on any atom is 0.276 e. The Bertz CT molecular complexity index is 1090. The zero-order valence-electron chi connectivity index (χ0n) is 12.4. The fourth-order valence-corrected chi connectivity index (χ4v) is 2.70. The Balaban J connectivity index is 2.00. The number of para-hydroxylation sites is 2. The number of rotatable bonds is 2. The van der Waals surface area contributed by atoms with Crippen molar-refractivity contribution >= 4 is 27.6 Å². The number of H-pyrrole nitrogens is 2. The van der Waals surface area contributed by atoms with E-state index in [1.807, 2.05) is 42.5 Å². The van der Waals surface area contributed by atoms with Crippen molar-refractivity contribution < 1.29 is 4.74 Å². The van der Waals surface area contributed by atoms with Crippen molar-refractivity contribution in [1.82, 2.24) is 15.0 Å². The third kappa shape index (κ3) is 2.03. The molecule has 23 heavy (non-hydrogen) atoms. The van der Waals surface area contributed by atoms with E-state index in [2.05, 4.69) is 15.0 Å². The SMILES string of the molecule is COc1ccc2[nH]c(-c3nc4ccccc4[nH]c3=O)c(N)c2c1. The molecule has 0 aliphatic rings. The van der Waals surface area contributed by atoms with Crippen LogP contribution >= 0.6 is 0 Å². The summed E-state index contributed by atoms with van der Waals surface area (Å²) in [5.74, 6) is 0.704. The van der Waals surface area contributed by atoms with E-state index in [9.17, 15) is 4.79 Å². The summed E-state index contributed by atoms with van der Waals surface area (Å²) in [4.78, 5) is 22.8.